The van der Waals surface area contributed by atoms with Crippen LogP contribution in [0.3, 0.4) is 0 Å². The van der Waals surface area contributed by atoms with Crippen LogP contribution < -0.4 is 16.0 Å². The number of carbonyl (C=O) groups is 2. The second-order valence-corrected chi connectivity index (χ2v) is 12.4. The molecule has 3 aromatic carbocycles. The first-order chi connectivity index (χ1) is 22.7. The van der Waals surface area contributed by atoms with E-state index >= 15 is 0 Å². The number of para-hydroxylation sites is 1. The monoisotopic (exact) mass is 641 g/mol. The third-order valence-corrected chi connectivity index (χ3v) is 9.40. The van der Waals surface area contributed by atoms with E-state index in [9.17, 15) is 18.4 Å². The molecule has 2 aliphatic rings. The number of piperidine rings is 1. The Morgan fingerprint density at radius 3 is 2.30 bits per heavy atom. The summed E-state index contributed by atoms with van der Waals surface area (Å²) in [7, 11) is 1.90. The van der Waals surface area contributed by atoms with Gasteiger partial charge in [0.2, 0.25) is 0 Å². The Hall–Kier alpha value is -4.61. The number of aromatic nitrogens is 2. The van der Waals surface area contributed by atoms with Gasteiger partial charge in [-0.3, -0.25) is 15.0 Å². The number of anilines is 1. The minimum absolute atomic E-state index is 0.0868. The van der Waals surface area contributed by atoms with Gasteiger partial charge in [0.25, 0.3) is 5.91 Å². The summed E-state index contributed by atoms with van der Waals surface area (Å²) >= 11 is 0. The van der Waals surface area contributed by atoms with Crippen molar-refractivity contribution in [3.8, 4) is 16.9 Å². The number of hydrogen-bond donors (Lipinski definition) is 3. The summed E-state index contributed by atoms with van der Waals surface area (Å²) in [6, 6.07) is 19.9. The number of benzene rings is 3. The van der Waals surface area contributed by atoms with Crippen molar-refractivity contribution in [2.75, 3.05) is 38.5 Å². The van der Waals surface area contributed by atoms with E-state index in [4.69, 9.17) is 5.10 Å². The van der Waals surface area contributed by atoms with E-state index in [-0.39, 0.29) is 24.0 Å². The second kappa shape index (κ2) is 14.0. The topological polar surface area (TPSA) is 94.5 Å². The molecular formula is C36H41F2N7O2. The van der Waals surface area contributed by atoms with E-state index in [1.165, 1.54) is 6.07 Å². The lowest BCUT2D eigenvalue weighted by Gasteiger charge is -2.31. The number of halogens is 2. The van der Waals surface area contributed by atoms with E-state index in [1.807, 2.05) is 73.5 Å². The molecule has 4 aromatic rings. The maximum absolute atomic E-state index is 14.1. The molecule has 2 aliphatic heterocycles. The summed E-state index contributed by atoms with van der Waals surface area (Å²) in [6.07, 6.45) is 2.54. The molecule has 1 aromatic heterocycles. The minimum atomic E-state index is -0.915. The number of hydrogen-bond acceptors (Lipinski definition) is 5. The molecule has 246 valence electrons. The molecule has 47 heavy (non-hydrogen) atoms. The lowest BCUT2D eigenvalue weighted by molar-refractivity contribution is 0.0912. The second-order valence-electron chi connectivity index (χ2n) is 12.4. The first-order valence-electron chi connectivity index (χ1n) is 16.2. The van der Waals surface area contributed by atoms with Crippen molar-refractivity contribution < 1.29 is 18.4 Å². The normalized spacial score (nSPS) is 19.1. The van der Waals surface area contributed by atoms with Crippen LogP contribution in [-0.2, 0) is 0 Å². The molecule has 0 spiro atoms. The summed E-state index contributed by atoms with van der Waals surface area (Å²) in [5.41, 5.74) is 4.18. The first kappa shape index (κ1) is 32.3. The van der Waals surface area contributed by atoms with Gasteiger partial charge in [-0.05, 0) is 81.7 Å². The largest absolute Gasteiger partial charge is 0.349 e. The summed E-state index contributed by atoms with van der Waals surface area (Å²) < 4.78 is 29.4. The molecule has 2 atom stereocenters. The van der Waals surface area contributed by atoms with Crippen molar-refractivity contribution in [1.82, 2.24) is 30.2 Å². The van der Waals surface area contributed by atoms with E-state index in [1.54, 1.807) is 10.7 Å². The number of nitrogens with zero attached hydrogens (tertiary/aromatic N) is 4. The lowest BCUT2D eigenvalue weighted by atomic mass is 10.00. The number of likely N-dealkylation sites (N-methyl/N-ethyl adjacent to an activating group) is 1. The molecule has 3 heterocycles. The van der Waals surface area contributed by atoms with Gasteiger partial charge >= 0.3 is 6.03 Å². The summed E-state index contributed by atoms with van der Waals surface area (Å²) in [5, 5.41) is 14.1. The van der Waals surface area contributed by atoms with E-state index in [0.29, 0.717) is 35.6 Å². The van der Waals surface area contributed by atoms with Crippen LogP contribution in [0.4, 0.5) is 19.4 Å². The number of likely N-dealkylation sites (tertiary alicyclic amines) is 2. The molecule has 0 bridgehead atoms. The summed E-state index contributed by atoms with van der Waals surface area (Å²) in [5.74, 6) is -1.41. The van der Waals surface area contributed by atoms with Gasteiger partial charge in [-0.25, -0.2) is 18.3 Å². The average molecular weight is 642 g/mol. The van der Waals surface area contributed by atoms with Crippen LogP contribution in [0.2, 0.25) is 0 Å². The Labute approximate surface area is 273 Å². The molecule has 0 saturated carbocycles. The van der Waals surface area contributed by atoms with Crippen molar-refractivity contribution in [1.29, 1.82) is 0 Å². The highest BCUT2D eigenvalue weighted by Crippen LogP contribution is 2.33. The third kappa shape index (κ3) is 7.06. The fourth-order valence-corrected chi connectivity index (χ4v) is 6.71. The highest BCUT2D eigenvalue weighted by molar-refractivity contribution is 5.95. The van der Waals surface area contributed by atoms with Crippen LogP contribution in [0.15, 0.2) is 72.8 Å². The molecule has 2 saturated heterocycles. The van der Waals surface area contributed by atoms with Crippen molar-refractivity contribution in [2.45, 2.75) is 51.2 Å². The highest BCUT2D eigenvalue weighted by Gasteiger charge is 2.35. The van der Waals surface area contributed by atoms with Crippen LogP contribution in [0.1, 0.15) is 53.7 Å². The van der Waals surface area contributed by atoms with E-state index in [2.05, 4.69) is 27.8 Å². The molecule has 3 amide bonds. The number of amides is 3. The van der Waals surface area contributed by atoms with Crippen molar-refractivity contribution in [3.05, 3.63) is 101 Å². The van der Waals surface area contributed by atoms with Crippen LogP contribution in [-0.4, -0.2) is 76.8 Å². The zero-order chi connectivity index (χ0) is 33.1. The number of rotatable bonds is 8. The SMILES string of the molecule is CCN1CCC(NC(=O)c2ccc(-c3nn(-c4ccccc4)c(NC(=O)N[C@@H]4CCN(C)[C@H]4c4ccc(F)c(F)c4)c3C)cc2)CC1. The zero-order valence-electron chi connectivity index (χ0n) is 27.0. The van der Waals surface area contributed by atoms with Crippen LogP contribution in [0.5, 0.6) is 0 Å². The van der Waals surface area contributed by atoms with Gasteiger partial charge in [0.1, 0.15) is 5.82 Å². The average Bonchev–Trinajstić information content (AvgIpc) is 3.61. The van der Waals surface area contributed by atoms with Crippen LogP contribution in [0.25, 0.3) is 16.9 Å². The maximum Gasteiger partial charge on any atom is 0.320 e. The molecule has 6 rings (SSSR count). The van der Waals surface area contributed by atoms with Crippen molar-refractivity contribution >= 4 is 17.8 Å². The summed E-state index contributed by atoms with van der Waals surface area (Å²) in [6.45, 7) is 7.75. The van der Waals surface area contributed by atoms with Gasteiger partial charge in [0, 0.05) is 42.4 Å². The van der Waals surface area contributed by atoms with Gasteiger partial charge in [-0.1, -0.05) is 43.3 Å². The van der Waals surface area contributed by atoms with Gasteiger partial charge in [-0.2, -0.15) is 5.10 Å². The molecule has 2 fully saturated rings. The molecule has 0 unspecified atom stereocenters. The Bertz CT molecular complexity index is 1720. The number of urea groups is 1. The molecule has 11 heteroatoms. The summed E-state index contributed by atoms with van der Waals surface area (Å²) in [4.78, 5) is 30.9. The van der Waals surface area contributed by atoms with Gasteiger partial charge in [0.05, 0.1) is 23.5 Å². The molecule has 9 nitrogen and oxygen atoms in total. The molecule has 0 radical (unpaired) electrons. The van der Waals surface area contributed by atoms with Gasteiger partial charge in [-0.15, -0.1) is 0 Å². The Balaban J connectivity index is 1.21. The van der Waals surface area contributed by atoms with Crippen LogP contribution in [0, 0.1) is 18.6 Å². The minimum Gasteiger partial charge on any atom is -0.349 e. The predicted molar refractivity (Wildman–Crippen MR) is 179 cm³/mol. The zero-order valence-corrected chi connectivity index (χ0v) is 27.0. The standard InChI is InChI=1S/C36H41F2N7O2/c1-4-44-20-16-27(17-21-44)39-35(46)25-12-10-24(11-13-25)32-23(2)34(45(42-32)28-8-6-5-7-9-28)41-36(47)40-31-18-19-43(3)33(31)26-14-15-29(37)30(38)22-26/h5-15,22,27,31,33H,4,16-21H2,1-3H3,(H,39,46)(H2,40,41,47)/t31-,33+/m1/s1. The molecule has 0 aliphatic carbocycles. The Kier molecular flexibility index (Phi) is 9.65. The quantitative estimate of drug-likeness (QED) is 0.223. The van der Waals surface area contributed by atoms with E-state index < -0.39 is 17.7 Å². The van der Waals surface area contributed by atoms with Crippen LogP contribution >= 0.6 is 0 Å². The lowest BCUT2D eigenvalue weighted by Crippen LogP contribution is -2.44. The smallest absolute Gasteiger partial charge is 0.320 e. The number of carbonyl (C=O) groups excluding carboxylic acids is 2. The van der Waals surface area contributed by atoms with Crippen molar-refractivity contribution in [3.63, 3.8) is 0 Å². The fourth-order valence-electron chi connectivity index (χ4n) is 6.71. The van der Waals surface area contributed by atoms with Gasteiger partial charge in [0.15, 0.2) is 11.6 Å². The fraction of sp³-hybridized carbons (Fsp3) is 0.361. The first-order valence-corrected chi connectivity index (χ1v) is 16.2. The van der Waals surface area contributed by atoms with E-state index in [0.717, 1.165) is 55.4 Å². The number of nitrogens with one attached hydrogen (secondary N) is 3. The molecular weight excluding hydrogens is 600 g/mol. The van der Waals surface area contributed by atoms with Gasteiger partial charge < -0.3 is 15.5 Å². The molecule has 3 N–H and O–H groups in total. The maximum atomic E-state index is 14.1. The predicted octanol–water partition coefficient (Wildman–Crippen LogP) is 5.91. The third-order valence-electron chi connectivity index (χ3n) is 9.40. The van der Waals surface area contributed by atoms with Crippen molar-refractivity contribution in [2.24, 2.45) is 0 Å². The highest BCUT2D eigenvalue weighted by atomic mass is 19.2. The Morgan fingerprint density at radius 1 is 0.894 bits per heavy atom. The Morgan fingerprint density at radius 2 is 1.62 bits per heavy atom.